The van der Waals surface area contributed by atoms with Gasteiger partial charge in [0, 0.05) is 0 Å². The van der Waals surface area contributed by atoms with Gasteiger partial charge in [-0.1, -0.05) is 36.4 Å². The molecule has 66 heavy (non-hydrogen) atoms. The fourth-order valence-electron chi connectivity index (χ4n) is 8.35. The van der Waals surface area contributed by atoms with E-state index < -0.39 is 25.2 Å². The van der Waals surface area contributed by atoms with E-state index >= 15 is 0 Å². The first-order valence-corrected chi connectivity index (χ1v) is 28.4. The van der Waals surface area contributed by atoms with Crippen molar-refractivity contribution in [2.45, 2.75) is 60.4 Å². The Hall–Kier alpha value is -5.83. The summed E-state index contributed by atoms with van der Waals surface area (Å²) in [5.41, 5.74) is 8.88. The number of rotatable bonds is 17. The fourth-order valence-corrected chi connectivity index (χ4v) is 13.3. The molecule has 0 spiro atoms. The third-order valence-corrected chi connectivity index (χ3v) is 21.5. The molecule has 0 radical (unpaired) electrons. The normalized spacial score (nSPS) is 13.5. The molecular formula is C57H58N2O4SSeSi. The fraction of sp³-hybridized carbons (Fsp3) is 0.228. The monoisotopic (exact) mass is 974 g/mol. The number of thioether (sulfide) groups is 1. The van der Waals surface area contributed by atoms with E-state index in [-0.39, 0.29) is 49.0 Å². The first kappa shape index (κ1) is 46.7. The van der Waals surface area contributed by atoms with Gasteiger partial charge < -0.3 is 0 Å². The molecule has 1 aliphatic carbocycles. The van der Waals surface area contributed by atoms with Crippen LogP contribution in [0.25, 0.3) is 11.1 Å². The molecule has 7 aromatic carbocycles. The van der Waals surface area contributed by atoms with Crippen LogP contribution in [0.15, 0.2) is 194 Å². The van der Waals surface area contributed by atoms with Gasteiger partial charge in [-0.2, -0.15) is 0 Å². The Morgan fingerprint density at radius 2 is 1.11 bits per heavy atom. The van der Waals surface area contributed by atoms with Crippen LogP contribution in [0.1, 0.15) is 64.9 Å². The van der Waals surface area contributed by atoms with Gasteiger partial charge in [-0.25, -0.2) is 0 Å². The average Bonchev–Trinajstić information content (AvgIpc) is 3.66. The van der Waals surface area contributed by atoms with Gasteiger partial charge in [0.15, 0.2) is 0 Å². The molecule has 0 bridgehead atoms. The van der Waals surface area contributed by atoms with Crippen LogP contribution in [0.2, 0.25) is 18.1 Å². The summed E-state index contributed by atoms with van der Waals surface area (Å²) in [4.78, 5) is 29.0. The molecule has 2 amide bonds. The van der Waals surface area contributed by atoms with E-state index in [4.69, 9.17) is 9.16 Å². The van der Waals surface area contributed by atoms with Crippen LogP contribution < -0.4 is 19.5 Å². The molecule has 6 nitrogen and oxygen atoms in total. The number of amides is 2. The van der Waals surface area contributed by atoms with Gasteiger partial charge in [0.1, 0.15) is 0 Å². The number of ether oxygens (including phenoxy) is 1. The molecule has 0 aromatic heterocycles. The molecule has 1 unspecified atom stereocenters. The predicted molar refractivity (Wildman–Crippen MR) is 276 cm³/mol. The number of benzene rings is 7. The van der Waals surface area contributed by atoms with E-state index in [9.17, 15) is 9.59 Å². The van der Waals surface area contributed by atoms with Crippen molar-refractivity contribution in [1.29, 1.82) is 0 Å². The molecule has 0 heterocycles. The first-order chi connectivity index (χ1) is 31.9. The predicted octanol–water partition coefficient (Wildman–Crippen LogP) is 11.9. The van der Waals surface area contributed by atoms with Crippen molar-refractivity contribution >= 4 is 51.5 Å². The molecule has 0 aliphatic heterocycles. The topological polar surface area (TPSA) is 76.7 Å². The zero-order valence-electron chi connectivity index (χ0n) is 38.3. The van der Waals surface area contributed by atoms with Crippen molar-refractivity contribution in [1.82, 2.24) is 10.6 Å². The molecule has 1 aliphatic rings. The zero-order valence-corrected chi connectivity index (χ0v) is 41.8. The van der Waals surface area contributed by atoms with Crippen LogP contribution in [-0.2, 0) is 14.3 Å². The first-order valence-electron chi connectivity index (χ1n) is 22.6. The van der Waals surface area contributed by atoms with E-state index in [0.717, 1.165) is 50.3 Å². The van der Waals surface area contributed by atoms with Crippen molar-refractivity contribution in [2.75, 3.05) is 18.9 Å². The number of carbonyl (C=O) groups is 2. The van der Waals surface area contributed by atoms with Gasteiger partial charge in [-0.15, -0.1) is 0 Å². The molecule has 0 saturated heterocycles. The number of hydrogen-bond acceptors (Lipinski definition) is 5. The van der Waals surface area contributed by atoms with Crippen molar-refractivity contribution in [2.24, 2.45) is 0 Å². The van der Waals surface area contributed by atoms with Crippen LogP contribution >= 0.6 is 11.8 Å². The Morgan fingerprint density at radius 3 is 1.61 bits per heavy atom. The second kappa shape index (κ2) is 20.8. The molecule has 0 saturated carbocycles. The second-order valence-corrected chi connectivity index (χ2v) is 26.8. The van der Waals surface area contributed by atoms with E-state index in [2.05, 4.69) is 190 Å². The molecule has 336 valence electrons. The minimum absolute atomic E-state index is 0.00516. The standard InChI is InChI=1S/C57H58N2O4SSeSi/c1-56(2,3)66(4,5)63-45-36-34-41(35-37-45)53(65-46-28-16-9-17-29-46)38-58-54(60)52(59-55(61)62-39-51-49-32-20-18-30-47(49)48-31-19-21-33-50(48)51)40-64-57(42-22-10-6-11-23-42,43-24-12-7-13-25-43)44-26-14-8-15-27-44/h6-37,51-53H,38-40H2,1-5H3,(H,58,60)(H,59,61)/t52-,53?/m0/s1. The SMILES string of the molecule is CC(C)(C)[Si](C)(C)Oc1ccc(C(CNC(=O)[C@H](CSC(c2ccccc2)(c2ccccc2)c2ccccc2)NC(=O)OCC2c3ccccc3-c3ccccc32)[Se]c2ccccc2)cc1. The van der Waals surface area contributed by atoms with Crippen LogP contribution in [0.5, 0.6) is 5.75 Å². The summed E-state index contributed by atoms with van der Waals surface area (Å²) >= 11 is 1.61. The summed E-state index contributed by atoms with van der Waals surface area (Å²) < 4.78 is 13.3. The van der Waals surface area contributed by atoms with Gasteiger partial charge in [0.2, 0.25) is 0 Å². The van der Waals surface area contributed by atoms with Gasteiger partial charge >= 0.3 is 368 Å². The van der Waals surface area contributed by atoms with Gasteiger partial charge in [0.25, 0.3) is 0 Å². The Labute approximate surface area is 402 Å². The molecular weight excluding hydrogens is 916 g/mol. The zero-order chi connectivity index (χ0) is 46.2. The van der Waals surface area contributed by atoms with E-state index in [1.54, 1.807) is 11.8 Å². The summed E-state index contributed by atoms with van der Waals surface area (Å²) in [6, 6.07) is 65.7. The number of carbonyl (C=O) groups excluding carboxylic acids is 2. The van der Waals surface area contributed by atoms with Gasteiger partial charge in [-0.3, -0.25) is 0 Å². The van der Waals surface area contributed by atoms with Crippen molar-refractivity contribution in [3.63, 3.8) is 0 Å². The maximum atomic E-state index is 14.9. The minimum atomic E-state index is -2.04. The van der Waals surface area contributed by atoms with Crippen LogP contribution in [0, 0.1) is 0 Å². The third-order valence-electron chi connectivity index (χ3n) is 12.9. The Balaban J connectivity index is 1.08. The Bertz CT molecular complexity index is 2560. The van der Waals surface area contributed by atoms with Crippen molar-refractivity contribution in [3.05, 3.63) is 228 Å². The number of nitrogens with one attached hydrogen (secondary N) is 2. The number of fused-ring (bicyclic) bond motifs is 3. The van der Waals surface area contributed by atoms with Crippen molar-refractivity contribution in [3.8, 4) is 16.9 Å². The van der Waals surface area contributed by atoms with Crippen LogP contribution in [0.3, 0.4) is 0 Å². The van der Waals surface area contributed by atoms with Crippen LogP contribution in [-0.4, -0.2) is 60.2 Å². The molecule has 2 atom stereocenters. The summed E-state index contributed by atoms with van der Waals surface area (Å²) in [7, 11) is -2.04. The molecule has 9 heteroatoms. The summed E-state index contributed by atoms with van der Waals surface area (Å²) in [5, 5.41) is 6.47. The molecule has 7 aromatic rings. The van der Waals surface area contributed by atoms with E-state index in [0.29, 0.717) is 6.54 Å². The number of hydrogen-bond donors (Lipinski definition) is 2. The third kappa shape index (κ3) is 10.6. The molecule has 0 fully saturated rings. The van der Waals surface area contributed by atoms with Gasteiger partial charge in [0.05, 0.1) is 0 Å². The number of alkyl carbamates (subject to hydrolysis) is 1. The maximum absolute atomic E-state index is 14.9. The second-order valence-electron chi connectivity index (χ2n) is 18.2. The van der Waals surface area contributed by atoms with E-state index in [1.165, 1.54) is 4.46 Å². The summed E-state index contributed by atoms with van der Waals surface area (Å²) in [5.74, 6) is 0.725. The van der Waals surface area contributed by atoms with Crippen molar-refractivity contribution < 1.29 is 18.8 Å². The molecule has 2 N–H and O–H groups in total. The summed E-state index contributed by atoms with van der Waals surface area (Å²) in [6.45, 7) is 11.8. The Kier molecular flexibility index (Phi) is 14.7. The van der Waals surface area contributed by atoms with Gasteiger partial charge in [-0.05, 0) is 0 Å². The average molecular weight is 974 g/mol. The van der Waals surface area contributed by atoms with E-state index in [1.807, 2.05) is 48.5 Å². The Morgan fingerprint density at radius 1 is 0.636 bits per heavy atom. The molecule has 8 rings (SSSR count). The summed E-state index contributed by atoms with van der Waals surface area (Å²) in [6.07, 6.45) is -0.635. The quantitative estimate of drug-likeness (QED) is 0.0702. The van der Waals surface area contributed by atoms with Crippen LogP contribution in [0.4, 0.5) is 4.79 Å².